The number of hydrogen-bond donors (Lipinski definition) is 2. The van der Waals surface area contributed by atoms with Crippen LogP contribution in [-0.4, -0.2) is 16.3 Å². The molecule has 1 atom stereocenters. The molecule has 166 valence electrons. The van der Waals surface area contributed by atoms with Crippen molar-refractivity contribution in [3.8, 4) is 17.0 Å². The number of fused-ring (bicyclic) bond motifs is 2. The molecule has 0 radical (unpaired) electrons. The second-order valence-electron chi connectivity index (χ2n) is 9.29. The fourth-order valence-electron chi connectivity index (χ4n) is 4.16. The van der Waals surface area contributed by atoms with Crippen LogP contribution in [-0.2, 0) is 0 Å². The van der Waals surface area contributed by atoms with Crippen molar-refractivity contribution in [3.63, 3.8) is 0 Å². The van der Waals surface area contributed by atoms with Crippen LogP contribution in [0.3, 0.4) is 0 Å². The summed E-state index contributed by atoms with van der Waals surface area (Å²) in [7, 11) is 0. The van der Waals surface area contributed by atoms with E-state index in [0.29, 0.717) is 16.9 Å². The molecule has 0 bridgehead atoms. The van der Waals surface area contributed by atoms with E-state index >= 15 is 0 Å². The summed E-state index contributed by atoms with van der Waals surface area (Å²) in [5, 5.41) is 4.40. The minimum absolute atomic E-state index is 0.0260. The number of aromatic nitrogens is 1. The van der Waals surface area contributed by atoms with Gasteiger partial charge >= 0.3 is 0 Å². The van der Waals surface area contributed by atoms with Gasteiger partial charge in [-0.3, -0.25) is 4.79 Å². The Bertz CT molecular complexity index is 1380. The van der Waals surface area contributed by atoms with Gasteiger partial charge in [0, 0.05) is 32.7 Å². The molecule has 0 aliphatic carbocycles. The van der Waals surface area contributed by atoms with Gasteiger partial charge in [0.05, 0.1) is 16.8 Å². The van der Waals surface area contributed by atoms with Gasteiger partial charge in [0.25, 0.3) is 0 Å². The van der Waals surface area contributed by atoms with E-state index in [2.05, 4.69) is 65.2 Å². The molecule has 4 aromatic rings. The molecule has 1 aromatic heterocycles. The second-order valence-corrected chi connectivity index (χ2v) is 10.2. The summed E-state index contributed by atoms with van der Waals surface area (Å²) >= 11 is 3.62. The standard InChI is InChI=1S/C28H25BrN2O2/c1-28(2,3)30-16-21-26(32)19-11-7-8-12-23(19)33-27(21)24-20-15-18(29)13-14-22(20)31-25(24)17-9-5-4-6-10-17/h4-16,27,30-31H,1-3H3. The molecule has 5 rings (SSSR count). The molecule has 0 saturated heterocycles. The fraction of sp³-hybridized carbons (Fsp3) is 0.179. The van der Waals surface area contributed by atoms with Gasteiger partial charge in [0.15, 0.2) is 11.9 Å². The average Bonchev–Trinajstić information content (AvgIpc) is 3.17. The quantitative estimate of drug-likeness (QED) is 0.292. The number of H-pyrrole nitrogens is 1. The molecule has 0 saturated carbocycles. The van der Waals surface area contributed by atoms with Crippen LogP contribution >= 0.6 is 15.9 Å². The van der Waals surface area contributed by atoms with Crippen molar-refractivity contribution in [3.05, 3.63) is 100 Å². The van der Waals surface area contributed by atoms with Crippen molar-refractivity contribution in [2.45, 2.75) is 32.4 Å². The number of rotatable bonds is 3. The van der Waals surface area contributed by atoms with E-state index in [9.17, 15) is 4.79 Å². The normalized spacial score (nSPS) is 17.2. The van der Waals surface area contributed by atoms with Gasteiger partial charge in [-0.1, -0.05) is 58.4 Å². The zero-order valence-corrected chi connectivity index (χ0v) is 20.4. The lowest BCUT2D eigenvalue weighted by Gasteiger charge is -2.30. The first kappa shape index (κ1) is 21.5. The largest absolute Gasteiger partial charge is 0.480 e. The number of halogens is 1. The first-order valence-corrected chi connectivity index (χ1v) is 11.8. The molecular weight excluding hydrogens is 476 g/mol. The van der Waals surface area contributed by atoms with E-state index in [0.717, 1.165) is 32.2 Å². The molecule has 33 heavy (non-hydrogen) atoms. The Morgan fingerprint density at radius 1 is 1.00 bits per heavy atom. The first-order chi connectivity index (χ1) is 15.8. The summed E-state index contributed by atoms with van der Waals surface area (Å²) in [5.74, 6) is 0.575. The summed E-state index contributed by atoms with van der Waals surface area (Å²) in [6, 6.07) is 23.8. The Morgan fingerprint density at radius 3 is 2.48 bits per heavy atom. The van der Waals surface area contributed by atoms with Gasteiger partial charge in [0.1, 0.15) is 5.75 Å². The molecule has 0 amide bonds. The third-order valence-corrected chi connectivity index (χ3v) is 6.20. The lowest BCUT2D eigenvalue weighted by atomic mass is 9.88. The van der Waals surface area contributed by atoms with E-state index in [1.165, 1.54) is 0 Å². The molecule has 5 heteroatoms. The fourth-order valence-corrected chi connectivity index (χ4v) is 4.52. The number of para-hydroxylation sites is 1. The minimum Gasteiger partial charge on any atom is -0.480 e. The number of carbonyl (C=O) groups is 1. The average molecular weight is 501 g/mol. The highest BCUT2D eigenvalue weighted by atomic mass is 79.9. The van der Waals surface area contributed by atoms with E-state index in [1.54, 1.807) is 0 Å². The van der Waals surface area contributed by atoms with Crippen LogP contribution < -0.4 is 10.1 Å². The summed E-state index contributed by atoms with van der Waals surface area (Å²) in [6.07, 6.45) is 1.26. The number of nitrogens with one attached hydrogen (secondary N) is 2. The number of Topliss-reactive ketones (excluding diaryl/α,β-unsaturated/α-hetero) is 1. The van der Waals surface area contributed by atoms with Crippen molar-refractivity contribution in [1.82, 2.24) is 10.3 Å². The highest BCUT2D eigenvalue weighted by Crippen LogP contribution is 2.44. The van der Waals surface area contributed by atoms with E-state index in [-0.39, 0.29) is 11.3 Å². The van der Waals surface area contributed by atoms with Crippen LogP contribution in [0.5, 0.6) is 5.75 Å². The number of ether oxygens (including phenoxy) is 1. The zero-order valence-electron chi connectivity index (χ0n) is 18.8. The number of aromatic amines is 1. The molecule has 0 spiro atoms. The molecule has 4 nitrogen and oxygen atoms in total. The van der Waals surface area contributed by atoms with Crippen LogP contribution in [0, 0.1) is 0 Å². The van der Waals surface area contributed by atoms with E-state index in [4.69, 9.17) is 4.74 Å². The third kappa shape index (κ3) is 4.09. The van der Waals surface area contributed by atoms with Gasteiger partial charge in [-0.2, -0.15) is 0 Å². The molecule has 2 heterocycles. The van der Waals surface area contributed by atoms with Crippen molar-refractivity contribution in [2.75, 3.05) is 0 Å². The summed E-state index contributed by atoms with van der Waals surface area (Å²) in [5.41, 5.74) is 4.90. The Morgan fingerprint density at radius 2 is 1.73 bits per heavy atom. The summed E-state index contributed by atoms with van der Waals surface area (Å²) < 4.78 is 7.54. The van der Waals surface area contributed by atoms with Crippen LogP contribution in [0.1, 0.15) is 42.8 Å². The number of ketones is 1. The third-order valence-electron chi connectivity index (χ3n) is 5.71. The lowest BCUT2D eigenvalue weighted by molar-refractivity contribution is 0.0960. The molecule has 3 aromatic carbocycles. The molecule has 1 unspecified atom stereocenters. The van der Waals surface area contributed by atoms with Gasteiger partial charge in [-0.15, -0.1) is 0 Å². The number of hydrogen-bond acceptors (Lipinski definition) is 3. The minimum atomic E-state index is -0.569. The SMILES string of the molecule is CC(C)(C)NC=C1C(=O)c2ccccc2OC1c1c(-c2ccccc2)[nH]c2ccc(Br)cc12. The van der Waals surface area contributed by atoms with Crippen LogP contribution in [0.25, 0.3) is 22.2 Å². The molecule has 2 N–H and O–H groups in total. The van der Waals surface area contributed by atoms with Crippen LogP contribution in [0.2, 0.25) is 0 Å². The van der Waals surface area contributed by atoms with Crippen LogP contribution in [0.4, 0.5) is 0 Å². The van der Waals surface area contributed by atoms with Crippen molar-refractivity contribution >= 4 is 32.6 Å². The number of benzene rings is 3. The Hall–Kier alpha value is -3.31. The molecule has 1 aliphatic rings. The predicted octanol–water partition coefficient (Wildman–Crippen LogP) is 7.19. The molecular formula is C28H25BrN2O2. The van der Waals surface area contributed by atoms with Gasteiger partial charge in [0.2, 0.25) is 0 Å². The first-order valence-electron chi connectivity index (χ1n) is 11.0. The molecule has 1 aliphatic heterocycles. The maximum absolute atomic E-state index is 13.7. The Balaban J connectivity index is 1.78. The summed E-state index contributed by atoms with van der Waals surface area (Å²) in [4.78, 5) is 17.3. The second kappa shape index (κ2) is 8.23. The predicted molar refractivity (Wildman–Crippen MR) is 137 cm³/mol. The van der Waals surface area contributed by atoms with Crippen LogP contribution in [0.15, 0.2) is 89.0 Å². The van der Waals surface area contributed by atoms with Crippen molar-refractivity contribution in [2.24, 2.45) is 0 Å². The summed E-state index contributed by atoms with van der Waals surface area (Å²) in [6.45, 7) is 6.21. The van der Waals surface area contributed by atoms with Gasteiger partial charge < -0.3 is 15.0 Å². The number of carbonyl (C=O) groups excluding carboxylic acids is 1. The smallest absolute Gasteiger partial charge is 0.198 e. The monoisotopic (exact) mass is 500 g/mol. The zero-order chi connectivity index (χ0) is 23.2. The topological polar surface area (TPSA) is 54.1 Å². The van der Waals surface area contributed by atoms with Gasteiger partial charge in [-0.05, 0) is 56.7 Å². The maximum atomic E-state index is 13.7. The van der Waals surface area contributed by atoms with E-state index in [1.807, 2.05) is 60.8 Å². The lowest BCUT2D eigenvalue weighted by Crippen LogP contribution is -2.34. The highest BCUT2D eigenvalue weighted by molar-refractivity contribution is 9.10. The molecule has 0 fully saturated rings. The van der Waals surface area contributed by atoms with Crippen molar-refractivity contribution < 1.29 is 9.53 Å². The van der Waals surface area contributed by atoms with Crippen molar-refractivity contribution in [1.29, 1.82) is 0 Å². The maximum Gasteiger partial charge on any atom is 0.198 e. The van der Waals surface area contributed by atoms with E-state index < -0.39 is 6.10 Å². The Kier molecular flexibility index (Phi) is 5.37. The van der Waals surface area contributed by atoms with Gasteiger partial charge in [-0.25, -0.2) is 0 Å². The highest BCUT2D eigenvalue weighted by Gasteiger charge is 2.36. The Labute approximate surface area is 201 Å².